The zero-order valence-electron chi connectivity index (χ0n) is 12.6. The lowest BCUT2D eigenvalue weighted by Crippen LogP contribution is -2.48. The van der Waals surface area contributed by atoms with Crippen molar-refractivity contribution in [3.8, 4) is 0 Å². The molecule has 1 aliphatic heterocycles. The van der Waals surface area contributed by atoms with Crippen LogP contribution in [0.1, 0.15) is 43.4 Å². The van der Waals surface area contributed by atoms with E-state index < -0.39 is 5.54 Å². The number of rotatable bonds is 4. The zero-order valence-corrected chi connectivity index (χ0v) is 12.6. The SMILES string of the molecule is CCC1(CC)C(=O)NC(=O)N1Cc1cc(C)ccc1C. The van der Waals surface area contributed by atoms with Gasteiger partial charge in [0.1, 0.15) is 5.54 Å². The van der Waals surface area contributed by atoms with Crippen LogP contribution in [0.5, 0.6) is 0 Å². The molecule has 1 aromatic carbocycles. The highest BCUT2D eigenvalue weighted by molar-refractivity contribution is 6.06. The second-order valence-electron chi connectivity index (χ2n) is 5.51. The average molecular weight is 274 g/mol. The van der Waals surface area contributed by atoms with Crippen LogP contribution in [0.3, 0.4) is 0 Å². The molecular weight excluding hydrogens is 252 g/mol. The maximum Gasteiger partial charge on any atom is 0.325 e. The lowest BCUT2D eigenvalue weighted by atomic mass is 9.90. The maximum absolute atomic E-state index is 12.1. The van der Waals surface area contributed by atoms with Crippen molar-refractivity contribution in [2.75, 3.05) is 0 Å². The van der Waals surface area contributed by atoms with Crippen molar-refractivity contribution in [2.45, 2.75) is 52.6 Å². The number of carbonyl (C=O) groups excluding carboxylic acids is 2. The summed E-state index contributed by atoms with van der Waals surface area (Å²) in [5.41, 5.74) is 2.70. The van der Waals surface area contributed by atoms with Crippen molar-refractivity contribution >= 4 is 11.9 Å². The monoisotopic (exact) mass is 274 g/mol. The molecule has 0 saturated carbocycles. The van der Waals surface area contributed by atoms with Crippen molar-refractivity contribution < 1.29 is 9.59 Å². The van der Waals surface area contributed by atoms with E-state index in [0.29, 0.717) is 19.4 Å². The second kappa shape index (κ2) is 5.27. The molecule has 0 aromatic heterocycles. The van der Waals surface area contributed by atoms with Gasteiger partial charge in [0, 0.05) is 6.54 Å². The van der Waals surface area contributed by atoms with Crippen LogP contribution < -0.4 is 5.32 Å². The summed E-state index contributed by atoms with van der Waals surface area (Å²) in [5, 5.41) is 2.46. The third kappa shape index (κ3) is 2.19. The van der Waals surface area contributed by atoms with Gasteiger partial charge in [-0.3, -0.25) is 10.1 Å². The number of nitrogens with zero attached hydrogens (tertiary/aromatic N) is 1. The number of hydrogen-bond donors (Lipinski definition) is 1. The van der Waals surface area contributed by atoms with E-state index in [2.05, 4.69) is 23.5 Å². The lowest BCUT2D eigenvalue weighted by molar-refractivity contribution is -0.127. The Labute approximate surface area is 120 Å². The van der Waals surface area contributed by atoms with Crippen LogP contribution in [0.4, 0.5) is 4.79 Å². The van der Waals surface area contributed by atoms with Crippen LogP contribution in [0.15, 0.2) is 18.2 Å². The van der Waals surface area contributed by atoms with Gasteiger partial charge in [0.05, 0.1) is 0 Å². The Hall–Kier alpha value is -1.84. The van der Waals surface area contributed by atoms with E-state index in [1.165, 1.54) is 0 Å². The third-order valence-corrected chi connectivity index (χ3v) is 4.41. The highest BCUT2D eigenvalue weighted by atomic mass is 16.2. The molecule has 0 radical (unpaired) electrons. The fourth-order valence-corrected chi connectivity index (χ4v) is 2.91. The highest BCUT2D eigenvalue weighted by Gasteiger charge is 2.50. The summed E-state index contributed by atoms with van der Waals surface area (Å²) >= 11 is 0. The van der Waals surface area contributed by atoms with Gasteiger partial charge in [0.25, 0.3) is 5.91 Å². The summed E-state index contributed by atoms with van der Waals surface area (Å²) in [6.07, 6.45) is 1.26. The largest absolute Gasteiger partial charge is 0.325 e. The third-order valence-electron chi connectivity index (χ3n) is 4.41. The topological polar surface area (TPSA) is 49.4 Å². The zero-order chi connectivity index (χ0) is 14.9. The number of urea groups is 1. The highest BCUT2D eigenvalue weighted by Crippen LogP contribution is 2.31. The van der Waals surface area contributed by atoms with E-state index in [4.69, 9.17) is 0 Å². The number of benzene rings is 1. The second-order valence-corrected chi connectivity index (χ2v) is 5.51. The molecule has 1 heterocycles. The molecule has 0 unspecified atom stereocenters. The molecule has 1 aliphatic rings. The van der Waals surface area contributed by atoms with E-state index in [1.54, 1.807) is 4.90 Å². The summed E-state index contributed by atoms with van der Waals surface area (Å²) < 4.78 is 0. The number of imide groups is 1. The molecule has 4 heteroatoms. The molecule has 1 aromatic rings. The minimum Gasteiger partial charge on any atom is -0.305 e. The van der Waals surface area contributed by atoms with E-state index in [-0.39, 0.29) is 11.9 Å². The Morgan fingerprint density at radius 3 is 2.40 bits per heavy atom. The Kier molecular flexibility index (Phi) is 3.84. The first kappa shape index (κ1) is 14.6. The predicted molar refractivity (Wildman–Crippen MR) is 78.3 cm³/mol. The molecule has 3 amide bonds. The number of nitrogens with one attached hydrogen (secondary N) is 1. The molecule has 0 bridgehead atoms. The summed E-state index contributed by atoms with van der Waals surface area (Å²) in [4.78, 5) is 26.0. The van der Waals surface area contributed by atoms with E-state index in [0.717, 1.165) is 16.7 Å². The molecule has 0 atom stereocenters. The Balaban J connectivity index is 2.37. The fourth-order valence-electron chi connectivity index (χ4n) is 2.91. The maximum atomic E-state index is 12.1. The first-order valence-electron chi connectivity index (χ1n) is 7.13. The van der Waals surface area contributed by atoms with E-state index in [1.807, 2.05) is 27.7 Å². The van der Waals surface area contributed by atoms with Crippen molar-refractivity contribution in [1.82, 2.24) is 10.2 Å². The minimum absolute atomic E-state index is 0.169. The van der Waals surface area contributed by atoms with Crippen LogP contribution >= 0.6 is 0 Å². The van der Waals surface area contributed by atoms with Gasteiger partial charge in [-0.1, -0.05) is 37.6 Å². The Bertz CT molecular complexity index is 547. The molecule has 4 nitrogen and oxygen atoms in total. The van der Waals surface area contributed by atoms with Gasteiger partial charge in [0.15, 0.2) is 0 Å². The first-order valence-corrected chi connectivity index (χ1v) is 7.13. The van der Waals surface area contributed by atoms with Gasteiger partial charge in [-0.05, 0) is 37.8 Å². The molecule has 108 valence electrons. The number of amides is 3. The van der Waals surface area contributed by atoms with Gasteiger partial charge in [-0.25, -0.2) is 4.79 Å². The first-order chi connectivity index (χ1) is 9.44. The van der Waals surface area contributed by atoms with Crippen LogP contribution in [0.2, 0.25) is 0 Å². The van der Waals surface area contributed by atoms with Crippen molar-refractivity contribution in [1.29, 1.82) is 0 Å². The Morgan fingerprint density at radius 2 is 1.80 bits per heavy atom. The molecule has 0 spiro atoms. The molecule has 1 N–H and O–H groups in total. The van der Waals surface area contributed by atoms with Crippen molar-refractivity contribution in [3.63, 3.8) is 0 Å². The predicted octanol–water partition coefficient (Wildman–Crippen LogP) is 2.91. The molecule has 1 fully saturated rings. The van der Waals surface area contributed by atoms with Gasteiger partial charge in [-0.2, -0.15) is 0 Å². The van der Waals surface area contributed by atoms with Gasteiger partial charge >= 0.3 is 6.03 Å². The molecule has 0 aliphatic carbocycles. The van der Waals surface area contributed by atoms with E-state index >= 15 is 0 Å². The van der Waals surface area contributed by atoms with Crippen LogP contribution in [0, 0.1) is 13.8 Å². The standard InChI is InChI=1S/C16H22N2O2/c1-5-16(6-2)14(19)17-15(20)18(16)10-13-9-11(3)7-8-12(13)4/h7-9H,5-6,10H2,1-4H3,(H,17,19,20). The molecule has 2 rings (SSSR count). The molecule has 1 saturated heterocycles. The summed E-state index contributed by atoms with van der Waals surface area (Å²) in [7, 11) is 0. The van der Waals surface area contributed by atoms with Crippen molar-refractivity contribution in [2.24, 2.45) is 0 Å². The average Bonchev–Trinajstić information content (AvgIpc) is 2.65. The molecule has 20 heavy (non-hydrogen) atoms. The number of carbonyl (C=O) groups is 2. The smallest absolute Gasteiger partial charge is 0.305 e. The fraction of sp³-hybridized carbons (Fsp3) is 0.500. The summed E-state index contributed by atoms with van der Waals surface area (Å²) in [5.74, 6) is -0.169. The Morgan fingerprint density at radius 1 is 1.15 bits per heavy atom. The number of hydrogen-bond acceptors (Lipinski definition) is 2. The van der Waals surface area contributed by atoms with Gasteiger partial charge in [0.2, 0.25) is 0 Å². The van der Waals surface area contributed by atoms with Crippen LogP contribution in [-0.4, -0.2) is 22.4 Å². The minimum atomic E-state index is -0.701. The quantitative estimate of drug-likeness (QED) is 0.858. The van der Waals surface area contributed by atoms with Crippen LogP contribution in [-0.2, 0) is 11.3 Å². The van der Waals surface area contributed by atoms with Gasteiger partial charge < -0.3 is 4.90 Å². The molecular formula is C16H22N2O2. The number of aryl methyl sites for hydroxylation is 2. The normalized spacial score (nSPS) is 17.5. The lowest BCUT2D eigenvalue weighted by Gasteiger charge is -2.34. The summed E-state index contributed by atoms with van der Waals surface area (Å²) in [6, 6.07) is 5.92. The van der Waals surface area contributed by atoms with Gasteiger partial charge in [-0.15, -0.1) is 0 Å². The van der Waals surface area contributed by atoms with Crippen molar-refractivity contribution in [3.05, 3.63) is 34.9 Å². The van der Waals surface area contributed by atoms with Crippen LogP contribution in [0.25, 0.3) is 0 Å². The summed E-state index contributed by atoms with van der Waals surface area (Å²) in [6.45, 7) is 8.46. The van der Waals surface area contributed by atoms with E-state index in [9.17, 15) is 9.59 Å².